The van der Waals surface area contributed by atoms with E-state index < -0.39 is 17.6 Å². The quantitative estimate of drug-likeness (QED) is 0.545. The van der Waals surface area contributed by atoms with Crippen molar-refractivity contribution in [1.82, 2.24) is 14.9 Å². The molecule has 0 aliphatic carbocycles. The van der Waals surface area contributed by atoms with Gasteiger partial charge in [0.25, 0.3) is 0 Å². The van der Waals surface area contributed by atoms with Crippen molar-refractivity contribution in [3.8, 4) is 11.5 Å². The number of alkyl halides is 3. The summed E-state index contributed by atoms with van der Waals surface area (Å²) < 4.78 is 69.9. The number of likely N-dealkylation sites (N-methyl/N-ethyl adjacent to an activating group) is 1. The van der Waals surface area contributed by atoms with E-state index in [1.807, 2.05) is 7.05 Å². The van der Waals surface area contributed by atoms with Crippen LogP contribution in [0.15, 0.2) is 36.7 Å². The van der Waals surface area contributed by atoms with Crippen molar-refractivity contribution in [2.24, 2.45) is 0 Å². The lowest BCUT2D eigenvalue weighted by molar-refractivity contribution is -0.139. The molecule has 1 aliphatic heterocycles. The van der Waals surface area contributed by atoms with Crippen molar-refractivity contribution in [1.29, 1.82) is 0 Å². The van der Waals surface area contributed by atoms with Crippen molar-refractivity contribution in [3.05, 3.63) is 48.0 Å². The third kappa shape index (κ3) is 5.25. The summed E-state index contributed by atoms with van der Waals surface area (Å²) in [6.07, 6.45) is -3.64. The largest absolute Gasteiger partial charge is 0.493 e. The van der Waals surface area contributed by atoms with Crippen LogP contribution in [0.3, 0.4) is 0 Å². The fourth-order valence-electron chi connectivity index (χ4n) is 3.54. The Balaban J connectivity index is 1.61. The van der Waals surface area contributed by atoms with Crippen LogP contribution in [-0.4, -0.2) is 61.4 Å². The van der Waals surface area contributed by atoms with Crippen LogP contribution < -0.4 is 14.8 Å². The molecule has 4 rings (SSSR count). The smallest absolute Gasteiger partial charge is 0.419 e. The van der Waals surface area contributed by atoms with E-state index in [9.17, 15) is 17.6 Å². The van der Waals surface area contributed by atoms with Gasteiger partial charge in [-0.05, 0) is 31.3 Å². The van der Waals surface area contributed by atoms with Crippen LogP contribution in [0.5, 0.6) is 11.5 Å². The number of hydrogen-bond acceptors (Lipinski definition) is 7. The predicted molar refractivity (Wildman–Crippen MR) is 114 cm³/mol. The lowest BCUT2D eigenvalue weighted by atomic mass is 10.1. The van der Waals surface area contributed by atoms with Crippen LogP contribution in [0.2, 0.25) is 0 Å². The molecule has 33 heavy (non-hydrogen) atoms. The summed E-state index contributed by atoms with van der Waals surface area (Å²) in [6, 6.07) is 5.95. The molecule has 1 N–H and O–H groups in total. The fraction of sp³-hybridized carbons (Fsp3) is 0.364. The molecule has 3 aromatic rings. The molecule has 7 nitrogen and oxygen atoms in total. The number of halogens is 4. The van der Waals surface area contributed by atoms with Crippen molar-refractivity contribution >= 4 is 22.4 Å². The molecule has 0 radical (unpaired) electrons. The summed E-state index contributed by atoms with van der Waals surface area (Å²) in [5.41, 5.74) is -0.848. The number of hydrogen-bond donors (Lipinski definition) is 1. The second-order valence-electron chi connectivity index (χ2n) is 7.63. The van der Waals surface area contributed by atoms with Crippen molar-refractivity contribution in [2.75, 3.05) is 45.8 Å². The molecule has 0 amide bonds. The molecule has 1 fully saturated rings. The number of benzene rings is 2. The zero-order valence-electron chi connectivity index (χ0n) is 17.9. The fourth-order valence-corrected chi connectivity index (χ4v) is 3.54. The number of rotatable bonds is 6. The zero-order chi connectivity index (χ0) is 23.6. The highest BCUT2D eigenvalue weighted by atomic mass is 19.4. The summed E-state index contributed by atoms with van der Waals surface area (Å²) in [5, 5.41) is 3.30. The number of morpholine rings is 1. The molecule has 0 bridgehead atoms. The average Bonchev–Trinajstić information content (AvgIpc) is 2.78. The number of fused-ring (bicyclic) bond motifs is 1. The van der Waals surface area contributed by atoms with E-state index in [0.717, 1.165) is 19.2 Å². The number of ether oxygens (including phenoxy) is 3. The van der Waals surface area contributed by atoms with Crippen LogP contribution >= 0.6 is 0 Å². The molecular formula is C22H22F4N4O3. The first kappa shape index (κ1) is 23.0. The Morgan fingerprint density at radius 3 is 2.73 bits per heavy atom. The van der Waals surface area contributed by atoms with Gasteiger partial charge >= 0.3 is 6.18 Å². The van der Waals surface area contributed by atoms with E-state index in [0.29, 0.717) is 41.7 Å². The van der Waals surface area contributed by atoms with Gasteiger partial charge in [0.1, 0.15) is 30.7 Å². The highest BCUT2D eigenvalue weighted by molar-refractivity contribution is 5.93. The molecule has 2 aromatic carbocycles. The number of nitrogens with one attached hydrogen (secondary N) is 1. The second kappa shape index (κ2) is 9.36. The van der Waals surface area contributed by atoms with Gasteiger partial charge in [0, 0.05) is 30.2 Å². The van der Waals surface area contributed by atoms with E-state index in [4.69, 9.17) is 14.2 Å². The molecule has 0 saturated carbocycles. The normalized spacial score (nSPS) is 17.2. The van der Waals surface area contributed by atoms with Gasteiger partial charge in [-0.25, -0.2) is 14.4 Å². The third-order valence-electron chi connectivity index (χ3n) is 5.22. The minimum Gasteiger partial charge on any atom is -0.493 e. The monoisotopic (exact) mass is 466 g/mol. The van der Waals surface area contributed by atoms with Gasteiger partial charge in [0.15, 0.2) is 11.5 Å². The van der Waals surface area contributed by atoms with Crippen molar-refractivity contribution in [3.63, 3.8) is 0 Å². The van der Waals surface area contributed by atoms with E-state index in [1.54, 1.807) is 12.1 Å². The minimum absolute atomic E-state index is 0.0292. The first-order chi connectivity index (χ1) is 15.7. The standard InChI is InChI=1S/C22H22F4N4O3/c1-30-5-6-32-14(10-30)11-33-20-9-18-15(8-19(20)31-2)21(28-12-27-18)29-13-3-4-17(23)16(7-13)22(24,25)26/h3-4,7-9,12,14H,5-6,10-11H2,1-2H3,(H,27,28,29). The Morgan fingerprint density at radius 2 is 2.00 bits per heavy atom. The van der Waals surface area contributed by atoms with E-state index >= 15 is 0 Å². The number of anilines is 2. The van der Waals surface area contributed by atoms with Crippen molar-refractivity contribution in [2.45, 2.75) is 12.3 Å². The zero-order valence-corrected chi connectivity index (χ0v) is 17.9. The van der Waals surface area contributed by atoms with E-state index in [-0.39, 0.29) is 17.6 Å². The minimum atomic E-state index is -4.82. The summed E-state index contributed by atoms with van der Waals surface area (Å²) in [4.78, 5) is 10.5. The van der Waals surface area contributed by atoms with Crippen LogP contribution in [0, 0.1) is 5.82 Å². The molecule has 2 heterocycles. The van der Waals surface area contributed by atoms with Crippen LogP contribution in [0.1, 0.15) is 5.56 Å². The Morgan fingerprint density at radius 1 is 1.18 bits per heavy atom. The molecule has 1 saturated heterocycles. The number of aromatic nitrogens is 2. The number of methoxy groups -OCH3 is 1. The van der Waals surface area contributed by atoms with Gasteiger partial charge in [0.05, 0.1) is 24.8 Å². The van der Waals surface area contributed by atoms with Crippen molar-refractivity contribution < 1.29 is 31.8 Å². The second-order valence-corrected chi connectivity index (χ2v) is 7.63. The van der Waals surface area contributed by atoms with Crippen LogP contribution in [0.4, 0.5) is 29.1 Å². The Hall–Kier alpha value is -3.18. The van der Waals surface area contributed by atoms with Gasteiger partial charge in [-0.1, -0.05) is 0 Å². The van der Waals surface area contributed by atoms with Gasteiger partial charge in [-0.15, -0.1) is 0 Å². The van der Waals surface area contributed by atoms with Gasteiger partial charge < -0.3 is 24.4 Å². The number of nitrogens with zero attached hydrogens (tertiary/aromatic N) is 3. The Bertz CT molecular complexity index is 1140. The molecule has 176 valence electrons. The highest BCUT2D eigenvalue weighted by Crippen LogP contribution is 2.36. The van der Waals surface area contributed by atoms with Crippen LogP contribution in [0.25, 0.3) is 10.9 Å². The lowest BCUT2D eigenvalue weighted by Gasteiger charge is -2.30. The maximum Gasteiger partial charge on any atom is 0.419 e. The molecule has 11 heteroatoms. The van der Waals surface area contributed by atoms with Gasteiger partial charge in [0.2, 0.25) is 0 Å². The molecule has 1 aromatic heterocycles. The van der Waals surface area contributed by atoms with Crippen LogP contribution in [-0.2, 0) is 10.9 Å². The topological polar surface area (TPSA) is 68.7 Å². The maximum atomic E-state index is 13.6. The average molecular weight is 466 g/mol. The molecular weight excluding hydrogens is 444 g/mol. The first-order valence-corrected chi connectivity index (χ1v) is 10.1. The summed E-state index contributed by atoms with van der Waals surface area (Å²) in [6.45, 7) is 2.55. The lowest BCUT2D eigenvalue weighted by Crippen LogP contribution is -2.42. The van der Waals surface area contributed by atoms with Gasteiger partial charge in [-0.2, -0.15) is 13.2 Å². The Labute approximate surface area is 187 Å². The highest BCUT2D eigenvalue weighted by Gasteiger charge is 2.34. The third-order valence-corrected chi connectivity index (χ3v) is 5.22. The Kier molecular flexibility index (Phi) is 6.52. The van der Waals surface area contributed by atoms with E-state index in [1.165, 1.54) is 19.5 Å². The first-order valence-electron chi connectivity index (χ1n) is 10.1. The molecule has 1 atom stereocenters. The summed E-state index contributed by atoms with van der Waals surface area (Å²) in [7, 11) is 3.49. The SMILES string of the molecule is COc1cc2c(Nc3ccc(F)c(C(F)(F)F)c3)ncnc2cc1OCC1CN(C)CCO1. The predicted octanol–water partition coefficient (Wildman–Crippen LogP) is 4.25. The maximum absolute atomic E-state index is 13.6. The van der Waals surface area contributed by atoms with E-state index in [2.05, 4.69) is 20.2 Å². The van der Waals surface area contributed by atoms with Gasteiger partial charge in [-0.3, -0.25) is 0 Å². The molecule has 0 spiro atoms. The molecule has 1 aliphatic rings. The summed E-state index contributed by atoms with van der Waals surface area (Å²) >= 11 is 0. The summed E-state index contributed by atoms with van der Waals surface area (Å²) in [5.74, 6) is -0.258. The molecule has 1 unspecified atom stereocenters.